The van der Waals surface area contributed by atoms with E-state index in [0.29, 0.717) is 31.5 Å². The molecule has 152 valence electrons. The molecular formula is C21H28FN3O3. The van der Waals surface area contributed by atoms with Crippen molar-refractivity contribution in [3.05, 3.63) is 35.6 Å². The van der Waals surface area contributed by atoms with Crippen LogP contribution in [0, 0.1) is 11.7 Å². The van der Waals surface area contributed by atoms with Crippen molar-refractivity contribution in [1.82, 2.24) is 15.1 Å². The van der Waals surface area contributed by atoms with E-state index in [2.05, 4.69) is 5.32 Å². The lowest BCUT2D eigenvalue weighted by Gasteiger charge is -2.34. The summed E-state index contributed by atoms with van der Waals surface area (Å²) in [6.07, 6.45) is 5.90. The van der Waals surface area contributed by atoms with Crippen LogP contribution in [-0.2, 0) is 9.59 Å². The second-order valence-corrected chi connectivity index (χ2v) is 7.58. The largest absolute Gasteiger partial charge is 0.343 e. The highest BCUT2D eigenvalue weighted by Gasteiger charge is 2.30. The molecule has 0 aromatic heterocycles. The van der Waals surface area contributed by atoms with E-state index in [9.17, 15) is 18.8 Å². The van der Waals surface area contributed by atoms with Crippen LogP contribution in [-0.4, -0.2) is 60.2 Å². The zero-order valence-corrected chi connectivity index (χ0v) is 16.2. The molecule has 1 N–H and O–H groups in total. The quantitative estimate of drug-likeness (QED) is 0.858. The zero-order valence-electron chi connectivity index (χ0n) is 16.2. The molecule has 1 aromatic rings. The first-order valence-corrected chi connectivity index (χ1v) is 10.1. The van der Waals surface area contributed by atoms with Crippen molar-refractivity contribution in [2.75, 3.05) is 32.7 Å². The Hall–Kier alpha value is -2.44. The lowest BCUT2D eigenvalue weighted by molar-refractivity contribution is -0.140. The fourth-order valence-electron chi connectivity index (χ4n) is 3.90. The lowest BCUT2D eigenvalue weighted by Crippen LogP contribution is -2.47. The van der Waals surface area contributed by atoms with E-state index in [0.717, 1.165) is 25.9 Å². The summed E-state index contributed by atoms with van der Waals surface area (Å²) in [6.45, 7) is 2.69. The number of carbonyl (C=O) groups excluding carboxylic acids is 3. The van der Waals surface area contributed by atoms with Crippen LogP contribution in [0.2, 0.25) is 0 Å². The summed E-state index contributed by atoms with van der Waals surface area (Å²) >= 11 is 0. The van der Waals surface area contributed by atoms with E-state index >= 15 is 0 Å². The van der Waals surface area contributed by atoms with Crippen molar-refractivity contribution in [2.45, 2.75) is 38.5 Å². The highest BCUT2D eigenvalue weighted by atomic mass is 19.1. The number of likely N-dealkylation sites (tertiary alicyclic amines) is 2. The average molecular weight is 389 g/mol. The van der Waals surface area contributed by atoms with E-state index in [-0.39, 0.29) is 24.3 Å². The molecule has 2 aliphatic rings. The Morgan fingerprint density at radius 2 is 1.50 bits per heavy atom. The Bertz CT molecular complexity index is 691. The molecule has 0 unspecified atom stereocenters. The molecule has 0 atom stereocenters. The monoisotopic (exact) mass is 389 g/mol. The van der Waals surface area contributed by atoms with Gasteiger partial charge in [-0.1, -0.05) is 12.8 Å². The Morgan fingerprint density at radius 3 is 2.11 bits per heavy atom. The Kier molecular flexibility index (Phi) is 7.01. The highest BCUT2D eigenvalue weighted by molar-refractivity contribution is 5.96. The number of piperidine rings is 1. The first kappa shape index (κ1) is 20.3. The zero-order chi connectivity index (χ0) is 19.9. The van der Waals surface area contributed by atoms with Gasteiger partial charge >= 0.3 is 0 Å². The summed E-state index contributed by atoms with van der Waals surface area (Å²) in [7, 11) is 0. The van der Waals surface area contributed by atoms with Crippen molar-refractivity contribution < 1.29 is 18.8 Å². The summed E-state index contributed by atoms with van der Waals surface area (Å²) in [5.41, 5.74) is 0.316. The highest BCUT2D eigenvalue weighted by Crippen LogP contribution is 2.21. The van der Waals surface area contributed by atoms with Crippen molar-refractivity contribution in [3.63, 3.8) is 0 Å². The summed E-state index contributed by atoms with van der Waals surface area (Å²) in [5, 5.41) is 2.58. The Labute approximate surface area is 165 Å². The smallest absolute Gasteiger partial charge is 0.251 e. The number of rotatable bonds is 4. The van der Waals surface area contributed by atoms with Gasteiger partial charge in [-0.2, -0.15) is 0 Å². The van der Waals surface area contributed by atoms with Crippen LogP contribution < -0.4 is 5.32 Å². The summed E-state index contributed by atoms with van der Waals surface area (Å²) in [6, 6.07) is 5.19. The van der Waals surface area contributed by atoms with Gasteiger partial charge in [-0.15, -0.1) is 0 Å². The summed E-state index contributed by atoms with van der Waals surface area (Å²) in [4.78, 5) is 40.8. The third-order valence-electron chi connectivity index (χ3n) is 5.62. The van der Waals surface area contributed by atoms with Gasteiger partial charge in [0.2, 0.25) is 11.8 Å². The first-order valence-electron chi connectivity index (χ1n) is 10.1. The molecule has 3 amide bonds. The van der Waals surface area contributed by atoms with Gasteiger partial charge in [-0.25, -0.2) is 4.39 Å². The Morgan fingerprint density at radius 1 is 0.893 bits per heavy atom. The maximum atomic E-state index is 12.9. The standard InChI is InChI=1S/C21H28FN3O3/c22-18-7-5-16(6-8-18)20(27)23-15-19(26)24-13-9-17(10-14-24)21(28)25-11-3-1-2-4-12-25/h5-8,17H,1-4,9-15H2,(H,23,27). The van der Waals surface area contributed by atoms with Gasteiger partial charge in [0.15, 0.2) is 0 Å². The number of hydrogen-bond acceptors (Lipinski definition) is 3. The summed E-state index contributed by atoms with van der Waals surface area (Å²) in [5.74, 6) is -0.740. The molecule has 6 nitrogen and oxygen atoms in total. The third-order valence-corrected chi connectivity index (χ3v) is 5.62. The van der Waals surface area contributed by atoms with Crippen molar-refractivity contribution >= 4 is 17.7 Å². The number of nitrogens with one attached hydrogen (secondary N) is 1. The maximum Gasteiger partial charge on any atom is 0.251 e. The fourth-order valence-corrected chi connectivity index (χ4v) is 3.90. The molecule has 0 bridgehead atoms. The van der Waals surface area contributed by atoms with Gasteiger partial charge in [0.1, 0.15) is 5.82 Å². The molecule has 7 heteroatoms. The van der Waals surface area contributed by atoms with Crippen molar-refractivity contribution in [3.8, 4) is 0 Å². The molecule has 2 fully saturated rings. The van der Waals surface area contributed by atoms with Crippen molar-refractivity contribution in [1.29, 1.82) is 0 Å². The lowest BCUT2D eigenvalue weighted by atomic mass is 9.95. The van der Waals surface area contributed by atoms with E-state index in [1.807, 2.05) is 4.90 Å². The van der Waals surface area contributed by atoms with Gasteiger partial charge in [0.25, 0.3) is 5.91 Å². The first-order chi connectivity index (χ1) is 13.5. The van der Waals surface area contributed by atoms with Crippen LogP contribution in [0.15, 0.2) is 24.3 Å². The van der Waals surface area contributed by atoms with E-state index in [1.54, 1.807) is 4.90 Å². The number of carbonyl (C=O) groups is 3. The molecule has 0 spiro atoms. The normalized spacial score (nSPS) is 18.5. The van der Waals surface area contributed by atoms with Gasteiger partial charge in [-0.05, 0) is 49.9 Å². The number of benzene rings is 1. The van der Waals surface area contributed by atoms with Gasteiger partial charge in [-0.3, -0.25) is 14.4 Å². The summed E-state index contributed by atoms with van der Waals surface area (Å²) < 4.78 is 12.9. The van der Waals surface area contributed by atoms with Crippen molar-refractivity contribution in [2.24, 2.45) is 5.92 Å². The van der Waals surface area contributed by atoms with Gasteiger partial charge in [0.05, 0.1) is 6.54 Å². The van der Waals surface area contributed by atoms with Crippen LogP contribution in [0.1, 0.15) is 48.9 Å². The van der Waals surface area contributed by atoms with Crippen LogP contribution in [0.3, 0.4) is 0 Å². The average Bonchev–Trinajstić information content (AvgIpc) is 3.01. The maximum absolute atomic E-state index is 12.9. The number of halogens is 1. The van der Waals surface area contributed by atoms with Gasteiger partial charge < -0.3 is 15.1 Å². The topological polar surface area (TPSA) is 69.7 Å². The minimum Gasteiger partial charge on any atom is -0.343 e. The minimum atomic E-state index is -0.412. The second-order valence-electron chi connectivity index (χ2n) is 7.58. The third kappa shape index (κ3) is 5.30. The van der Waals surface area contributed by atoms with E-state index in [1.165, 1.54) is 37.1 Å². The number of amides is 3. The molecule has 0 aliphatic carbocycles. The van der Waals surface area contributed by atoms with Gasteiger partial charge in [0, 0.05) is 37.7 Å². The molecule has 3 rings (SSSR count). The minimum absolute atomic E-state index is 0.00374. The van der Waals surface area contributed by atoms with E-state index in [4.69, 9.17) is 0 Å². The molecule has 2 aliphatic heterocycles. The van der Waals surface area contributed by atoms with Crippen LogP contribution in [0.4, 0.5) is 4.39 Å². The fraction of sp³-hybridized carbons (Fsp3) is 0.571. The second kappa shape index (κ2) is 9.66. The van der Waals surface area contributed by atoms with Crippen LogP contribution in [0.25, 0.3) is 0 Å². The SMILES string of the molecule is O=C(NCC(=O)N1CCC(C(=O)N2CCCCCC2)CC1)c1ccc(F)cc1. The molecule has 2 saturated heterocycles. The Balaban J connectivity index is 1.42. The molecule has 1 aromatic carbocycles. The molecule has 28 heavy (non-hydrogen) atoms. The molecule has 2 heterocycles. The van der Waals surface area contributed by atoms with Crippen LogP contribution in [0.5, 0.6) is 0 Å². The molecular weight excluding hydrogens is 361 g/mol. The predicted molar refractivity (Wildman–Crippen MR) is 103 cm³/mol. The number of nitrogens with zero attached hydrogens (tertiary/aromatic N) is 2. The van der Waals surface area contributed by atoms with Crippen LogP contribution >= 0.6 is 0 Å². The predicted octanol–water partition coefficient (Wildman–Crippen LogP) is 2.20. The molecule has 0 radical (unpaired) electrons. The number of hydrogen-bond donors (Lipinski definition) is 1. The molecule has 0 saturated carbocycles. The van der Waals surface area contributed by atoms with E-state index < -0.39 is 11.7 Å².